The summed E-state index contributed by atoms with van der Waals surface area (Å²) in [6.45, 7) is 3.96. The molecule has 0 aliphatic carbocycles. The fourth-order valence-electron chi connectivity index (χ4n) is 3.63. The van der Waals surface area contributed by atoms with Crippen molar-refractivity contribution in [3.63, 3.8) is 0 Å². The molecule has 0 unspecified atom stereocenters. The van der Waals surface area contributed by atoms with E-state index in [1.165, 1.54) is 24.5 Å². The molecule has 0 spiro atoms. The Kier molecular flexibility index (Phi) is 6.55. The molecule has 0 radical (unpaired) electrons. The zero-order chi connectivity index (χ0) is 24.3. The van der Waals surface area contributed by atoms with Crippen LogP contribution in [0, 0.1) is 11.8 Å². The van der Waals surface area contributed by atoms with Crippen LogP contribution in [0.3, 0.4) is 0 Å². The molecule has 1 aliphatic rings. The van der Waals surface area contributed by atoms with Crippen molar-refractivity contribution in [2.75, 3.05) is 36.5 Å². The summed E-state index contributed by atoms with van der Waals surface area (Å²) in [6, 6.07) is 7.61. The van der Waals surface area contributed by atoms with Crippen molar-refractivity contribution in [3.05, 3.63) is 70.5 Å². The van der Waals surface area contributed by atoms with Crippen molar-refractivity contribution in [1.82, 2.24) is 9.97 Å². The van der Waals surface area contributed by atoms with Crippen molar-refractivity contribution in [2.45, 2.75) is 13.1 Å². The molecule has 3 aromatic rings. The van der Waals surface area contributed by atoms with Gasteiger partial charge in [-0.2, -0.15) is 13.2 Å². The number of anilines is 2. The van der Waals surface area contributed by atoms with Gasteiger partial charge in [0.2, 0.25) is 5.82 Å². The number of nitrogens with zero attached hydrogens (tertiary/aromatic N) is 4. The number of aryl methyl sites for hydroxylation is 1. The number of nitrogens with one attached hydrogen (secondary N) is 1. The Labute approximate surface area is 192 Å². The van der Waals surface area contributed by atoms with E-state index in [4.69, 9.17) is 4.74 Å². The Bertz CT molecular complexity index is 1230. The summed E-state index contributed by atoms with van der Waals surface area (Å²) in [5, 5.41) is 5.61. The average molecular weight is 471 g/mol. The molecule has 1 fully saturated rings. The van der Waals surface area contributed by atoms with Crippen LogP contribution in [-0.2, 0) is 10.9 Å². The van der Waals surface area contributed by atoms with Crippen molar-refractivity contribution >= 4 is 23.1 Å². The first kappa shape index (κ1) is 23.3. The molecular formula is C23H20F3N5O3. The van der Waals surface area contributed by atoms with Crippen LogP contribution in [0.15, 0.2) is 54.0 Å². The Hall–Kier alpha value is -3.86. The molecule has 3 heterocycles. The topological polar surface area (TPSA) is 96.8 Å². The number of ether oxygens (including phenoxy) is 1. The van der Waals surface area contributed by atoms with Gasteiger partial charge < -0.3 is 15.0 Å². The summed E-state index contributed by atoms with van der Waals surface area (Å²) in [6.07, 6.45) is -1.65. The standard InChI is InChI=1S/C23H20F3N5O3/c1-14-19(16-10-20(21(30-33)28-12-16)31-5-7-34-8-6-31)11-18(13-27-14)29-22(32)15-3-2-4-17(9-15)23(24,25)26/h2-4,9-13H,5-8H2,1H3,(H,29,32). The van der Waals surface area contributed by atoms with Crippen LogP contribution in [0.1, 0.15) is 21.6 Å². The summed E-state index contributed by atoms with van der Waals surface area (Å²) in [7, 11) is 0. The van der Waals surface area contributed by atoms with Gasteiger partial charge in [0.05, 0.1) is 36.3 Å². The lowest BCUT2D eigenvalue weighted by Crippen LogP contribution is -2.36. The molecule has 11 heteroatoms. The molecular weight excluding hydrogens is 451 g/mol. The number of carbonyl (C=O) groups is 1. The first-order chi connectivity index (χ1) is 16.3. The Balaban J connectivity index is 1.63. The minimum atomic E-state index is -4.55. The molecule has 0 bridgehead atoms. The molecule has 4 rings (SSSR count). The van der Waals surface area contributed by atoms with Crippen LogP contribution in [0.5, 0.6) is 0 Å². The number of carbonyl (C=O) groups excluding carboxylic acids is 1. The third-order valence-electron chi connectivity index (χ3n) is 5.39. The Morgan fingerprint density at radius 2 is 1.88 bits per heavy atom. The number of rotatable bonds is 5. The predicted molar refractivity (Wildman–Crippen MR) is 120 cm³/mol. The number of aromatic nitrogens is 2. The number of hydrogen-bond donors (Lipinski definition) is 1. The molecule has 34 heavy (non-hydrogen) atoms. The van der Waals surface area contributed by atoms with Crippen molar-refractivity contribution < 1.29 is 22.7 Å². The minimum absolute atomic E-state index is 0.0604. The van der Waals surface area contributed by atoms with Crippen LogP contribution in [0.4, 0.5) is 30.4 Å². The van der Waals surface area contributed by atoms with Gasteiger partial charge in [-0.15, -0.1) is 4.91 Å². The average Bonchev–Trinajstić information content (AvgIpc) is 2.85. The van der Waals surface area contributed by atoms with E-state index in [1.54, 1.807) is 19.1 Å². The van der Waals surface area contributed by atoms with Gasteiger partial charge in [0.1, 0.15) is 0 Å². The highest BCUT2D eigenvalue weighted by Crippen LogP contribution is 2.34. The monoisotopic (exact) mass is 471 g/mol. The second-order valence-electron chi connectivity index (χ2n) is 7.65. The maximum absolute atomic E-state index is 13.0. The highest BCUT2D eigenvalue weighted by Gasteiger charge is 2.31. The number of morpholine rings is 1. The molecule has 0 saturated carbocycles. The maximum Gasteiger partial charge on any atom is 0.416 e. The first-order valence-corrected chi connectivity index (χ1v) is 10.4. The Morgan fingerprint density at radius 1 is 1.12 bits per heavy atom. The largest absolute Gasteiger partial charge is 0.416 e. The van der Waals surface area contributed by atoms with Gasteiger partial charge in [-0.1, -0.05) is 6.07 Å². The van der Waals surface area contributed by atoms with E-state index in [9.17, 15) is 22.9 Å². The number of nitroso groups, excluding NO2 is 1. The van der Waals surface area contributed by atoms with Gasteiger partial charge in [-0.05, 0) is 42.4 Å². The number of amides is 1. The van der Waals surface area contributed by atoms with Crippen LogP contribution in [0.2, 0.25) is 0 Å². The number of benzene rings is 1. The van der Waals surface area contributed by atoms with E-state index >= 15 is 0 Å². The lowest BCUT2D eigenvalue weighted by molar-refractivity contribution is -0.137. The summed E-state index contributed by atoms with van der Waals surface area (Å²) in [5.74, 6) is -0.638. The van der Waals surface area contributed by atoms with Gasteiger partial charge in [-0.3, -0.25) is 9.78 Å². The summed E-state index contributed by atoms with van der Waals surface area (Å²) in [5.41, 5.74) is 1.75. The summed E-state index contributed by atoms with van der Waals surface area (Å²) in [4.78, 5) is 34.3. The molecule has 1 amide bonds. The van der Waals surface area contributed by atoms with E-state index in [0.29, 0.717) is 54.5 Å². The van der Waals surface area contributed by atoms with E-state index < -0.39 is 17.6 Å². The smallest absolute Gasteiger partial charge is 0.378 e. The fourth-order valence-corrected chi connectivity index (χ4v) is 3.63. The van der Waals surface area contributed by atoms with Gasteiger partial charge in [0.15, 0.2) is 0 Å². The maximum atomic E-state index is 13.0. The van der Waals surface area contributed by atoms with Crippen LogP contribution in [0.25, 0.3) is 11.1 Å². The van der Waals surface area contributed by atoms with Gasteiger partial charge >= 0.3 is 6.18 Å². The van der Waals surface area contributed by atoms with Crippen LogP contribution >= 0.6 is 0 Å². The highest BCUT2D eigenvalue weighted by molar-refractivity contribution is 6.04. The van der Waals surface area contributed by atoms with E-state index in [-0.39, 0.29) is 11.4 Å². The van der Waals surface area contributed by atoms with Crippen LogP contribution < -0.4 is 10.2 Å². The van der Waals surface area contributed by atoms with Crippen LogP contribution in [-0.4, -0.2) is 42.2 Å². The SMILES string of the molecule is Cc1ncc(NC(=O)c2cccc(C(F)(F)F)c2)cc1-c1cnc(N=O)c(N2CCOCC2)c1. The third kappa shape index (κ3) is 5.04. The Morgan fingerprint density at radius 3 is 2.59 bits per heavy atom. The molecule has 8 nitrogen and oxygen atoms in total. The third-order valence-corrected chi connectivity index (χ3v) is 5.39. The number of alkyl halides is 3. The first-order valence-electron chi connectivity index (χ1n) is 10.4. The molecule has 0 atom stereocenters. The van der Waals surface area contributed by atoms with Gasteiger partial charge in [-0.25, -0.2) is 4.98 Å². The zero-order valence-corrected chi connectivity index (χ0v) is 18.1. The fraction of sp³-hybridized carbons (Fsp3) is 0.261. The normalized spacial score (nSPS) is 14.1. The van der Waals surface area contributed by atoms with Crippen molar-refractivity contribution in [1.29, 1.82) is 0 Å². The predicted octanol–water partition coefficient (Wildman–Crippen LogP) is 4.96. The van der Waals surface area contributed by atoms with Gasteiger partial charge in [0, 0.05) is 41.7 Å². The molecule has 1 aromatic carbocycles. The van der Waals surface area contributed by atoms with E-state index in [0.717, 1.165) is 12.1 Å². The lowest BCUT2D eigenvalue weighted by atomic mass is 10.0. The summed E-state index contributed by atoms with van der Waals surface area (Å²) < 4.78 is 44.3. The van der Waals surface area contributed by atoms with Crippen molar-refractivity contribution in [3.8, 4) is 11.1 Å². The quantitative estimate of drug-likeness (QED) is 0.529. The highest BCUT2D eigenvalue weighted by atomic mass is 19.4. The van der Waals surface area contributed by atoms with E-state index in [1.807, 2.05) is 4.90 Å². The number of hydrogen-bond acceptors (Lipinski definition) is 7. The number of halogens is 3. The molecule has 2 aromatic heterocycles. The molecule has 1 aliphatic heterocycles. The second kappa shape index (κ2) is 9.56. The number of pyridine rings is 2. The summed E-state index contributed by atoms with van der Waals surface area (Å²) >= 11 is 0. The van der Waals surface area contributed by atoms with Crippen molar-refractivity contribution in [2.24, 2.45) is 5.18 Å². The molecule has 1 saturated heterocycles. The molecule has 1 N–H and O–H groups in total. The van der Waals surface area contributed by atoms with E-state index in [2.05, 4.69) is 20.5 Å². The minimum Gasteiger partial charge on any atom is -0.378 e. The second-order valence-corrected chi connectivity index (χ2v) is 7.65. The zero-order valence-electron chi connectivity index (χ0n) is 18.1. The van der Waals surface area contributed by atoms with Gasteiger partial charge in [0.25, 0.3) is 5.91 Å². The molecule has 176 valence electrons. The lowest BCUT2D eigenvalue weighted by Gasteiger charge is -2.29.